The average Bonchev–Trinajstić information content (AvgIpc) is 3.18. The quantitative estimate of drug-likeness (QED) is 0.836. The second-order valence-corrected chi connectivity index (χ2v) is 7.03. The standard InChI is InChI=1S/C15H19N3O2S/c19-14-4-1-10-7-17(15(20)12-8-21-9-16-12)6-5-13(10)18(14)11-2-3-11/h8-11,13H,1-7H2. The van der Waals surface area contributed by atoms with Crippen LogP contribution in [0.3, 0.4) is 0 Å². The van der Waals surface area contributed by atoms with E-state index >= 15 is 0 Å². The molecule has 0 aromatic carbocycles. The van der Waals surface area contributed by atoms with E-state index in [0.29, 0.717) is 36.0 Å². The van der Waals surface area contributed by atoms with Gasteiger partial charge in [-0.3, -0.25) is 9.59 Å². The molecule has 0 radical (unpaired) electrons. The zero-order valence-corrected chi connectivity index (χ0v) is 12.7. The summed E-state index contributed by atoms with van der Waals surface area (Å²) < 4.78 is 0. The SMILES string of the molecule is O=C(c1cscn1)N1CCC2C(CCC(=O)N2C2CC2)C1. The molecule has 21 heavy (non-hydrogen) atoms. The Bertz CT molecular complexity index is 555. The normalized spacial score (nSPS) is 29.4. The van der Waals surface area contributed by atoms with Crippen LogP contribution in [-0.4, -0.2) is 51.8 Å². The highest BCUT2D eigenvalue weighted by molar-refractivity contribution is 7.07. The molecule has 2 amide bonds. The molecule has 2 aliphatic heterocycles. The third-order valence-corrected chi connectivity index (χ3v) is 5.53. The molecule has 1 aromatic rings. The van der Waals surface area contributed by atoms with Gasteiger partial charge in [-0.05, 0) is 31.6 Å². The number of rotatable bonds is 2. The Labute approximate surface area is 127 Å². The van der Waals surface area contributed by atoms with Crippen molar-refractivity contribution in [2.75, 3.05) is 13.1 Å². The molecule has 3 fully saturated rings. The number of fused-ring (bicyclic) bond motifs is 1. The molecule has 5 nitrogen and oxygen atoms in total. The molecule has 2 saturated heterocycles. The van der Waals surface area contributed by atoms with Gasteiger partial charge in [0.25, 0.3) is 5.91 Å². The number of carbonyl (C=O) groups excluding carboxylic acids is 2. The lowest BCUT2D eigenvalue weighted by Crippen LogP contribution is -2.57. The number of thiazole rings is 1. The van der Waals surface area contributed by atoms with Gasteiger partial charge in [-0.15, -0.1) is 11.3 Å². The van der Waals surface area contributed by atoms with Crippen molar-refractivity contribution in [1.82, 2.24) is 14.8 Å². The maximum Gasteiger partial charge on any atom is 0.273 e. The summed E-state index contributed by atoms with van der Waals surface area (Å²) in [6.45, 7) is 1.52. The fraction of sp³-hybridized carbons (Fsp3) is 0.667. The number of nitrogens with zero attached hydrogens (tertiary/aromatic N) is 3. The van der Waals surface area contributed by atoms with Gasteiger partial charge in [-0.2, -0.15) is 0 Å². The molecule has 1 aromatic heterocycles. The van der Waals surface area contributed by atoms with Crippen LogP contribution in [0.25, 0.3) is 0 Å². The number of likely N-dealkylation sites (tertiary alicyclic amines) is 2. The van der Waals surface area contributed by atoms with E-state index in [4.69, 9.17) is 0 Å². The minimum Gasteiger partial charge on any atom is -0.337 e. The van der Waals surface area contributed by atoms with Gasteiger partial charge >= 0.3 is 0 Å². The van der Waals surface area contributed by atoms with Gasteiger partial charge < -0.3 is 9.80 Å². The summed E-state index contributed by atoms with van der Waals surface area (Å²) in [4.78, 5) is 32.8. The molecule has 6 heteroatoms. The fourth-order valence-electron chi connectivity index (χ4n) is 3.78. The predicted molar refractivity (Wildman–Crippen MR) is 79.0 cm³/mol. The summed E-state index contributed by atoms with van der Waals surface area (Å²) >= 11 is 1.46. The third kappa shape index (κ3) is 2.35. The molecular weight excluding hydrogens is 286 g/mol. The highest BCUT2D eigenvalue weighted by atomic mass is 32.1. The van der Waals surface area contributed by atoms with Crippen molar-refractivity contribution in [1.29, 1.82) is 0 Å². The van der Waals surface area contributed by atoms with Gasteiger partial charge in [0, 0.05) is 37.0 Å². The maximum atomic E-state index is 12.4. The van der Waals surface area contributed by atoms with E-state index in [1.54, 1.807) is 5.51 Å². The molecule has 0 spiro atoms. The Balaban J connectivity index is 1.48. The van der Waals surface area contributed by atoms with Gasteiger partial charge in [-0.1, -0.05) is 0 Å². The lowest BCUT2D eigenvalue weighted by molar-refractivity contribution is -0.141. The average molecular weight is 305 g/mol. The van der Waals surface area contributed by atoms with Crippen molar-refractivity contribution in [2.24, 2.45) is 5.92 Å². The number of hydrogen-bond acceptors (Lipinski definition) is 4. The number of piperidine rings is 2. The summed E-state index contributed by atoms with van der Waals surface area (Å²) in [5, 5.41) is 1.81. The van der Waals surface area contributed by atoms with E-state index in [1.165, 1.54) is 11.3 Å². The number of aromatic nitrogens is 1. The van der Waals surface area contributed by atoms with Gasteiger partial charge in [0.1, 0.15) is 5.69 Å². The Hall–Kier alpha value is -1.43. The molecule has 0 N–H and O–H groups in total. The maximum absolute atomic E-state index is 12.4. The zero-order valence-electron chi connectivity index (χ0n) is 11.9. The van der Waals surface area contributed by atoms with Crippen LogP contribution in [0.2, 0.25) is 0 Å². The Morgan fingerprint density at radius 3 is 2.86 bits per heavy atom. The largest absolute Gasteiger partial charge is 0.337 e. The first-order valence-corrected chi connectivity index (χ1v) is 8.67. The molecule has 2 atom stereocenters. The molecule has 4 rings (SSSR count). The molecule has 3 aliphatic rings. The van der Waals surface area contributed by atoms with Crippen LogP contribution in [0.15, 0.2) is 10.9 Å². The van der Waals surface area contributed by atoms with Crippen LogP contribution in [0, 0.1) is 5.92 Å². The minimum atomic E-state index is 0.0459. The summed E-state index contributed by atoms with van der Waals surface area (Å²) in [5.74, 6) is 0.822. The summed E-state index contributed by atoms with van der Waals surface area (Å²) in [6, 6.07) is 0.851. The minimum absolute atomic E-state index is 0.0459. The van der Waals surface area contributed by atoms with E-state index in [9.17, 15) is 9.59 Å². The van der Waals surface area contributed by atoms with E-state index in [0.717, 1.165) is 38.8 Å². The van der Waals surface area contributed by atoms with Gasteiger partial charge in [0.15, 0.2) is 0 Å². The molecular formula is C15H19N3O2S. The monoisotopic (exact) mass is 305 g/mol. The van der Waals surface area contributed by atoms with E-state index < -0.39 is 0 Å². The van der Waals surface area contributed by atoms with Crippen LogP contribution in [0.4, 0.5) is 0 Å². The first-order valence-electron chi connectivity index (χ1n) is 7.72. The lowest BCUT2D eigenvalue weighted by Gasteiger charge is -2.47. The topological polar surface area (TPSA) is 53.5 Å². The van der Waals surface area contributed by atoms with Crippen molar-refractivity contribution in [3.8, 4) is 0 Å². The lowest BCUT2D eigenvalue weighted by atomic mass is 9.83. The molecule has 112 valence electrons. The molecule has 3 heterocycles. The zero-order chi connectivity index (χ0) is 14.4. The van der Waals surface area contributed by atoms with Crippen LogP contribution < -0.4 is 0 Å². The van der Waals surface area contributed by atoms with Gasteiger partial charge in [-0.25, -0.2) is 4.98 Å². The third-order valence-electron chi connectivity index (χ3n) is 4.95. The van der Waals surface area contributed by atoms with Crippen molar-refractivity contribution in [3.63, 3.8) is 0 Å². The van der Waals surface area contributed by atoms with Crippen molar-refractivity contribution in [2.45, 2.75) is 44.2 Å². The number of hydrogen-bond donors (Lipinski definition) is 0. The van der Waals surface area contributed by atoms with Crippen LogP contribution in [0.1, 0.15) is 42.6 Å². The van der Waals surface area contributed by atoms with E-state index in [-0.39, 0.29) is 5.91 Å². The van der Waals surface area contributed by atoms with Crippen molar-refractivity contribution in [3.05, 3.63) is 16.6 Å². The summed E-state index contributed by atoms with van der Waals surface area (Å²) in [5.41, 5.74) is 2.26. The van der Waals surface area contributed by atoms with Crippen LogP contribution in [0.5, 0.6) is 0 Å². The van der Waals surface area contributed by atoms with Gasteiger partial charge in [0.2, 0.25) is 5.91 Å². The molecule has 1 saturated carbocycles. The van der Waals surface area contributed by atoms with E-state index in [1.807, 2.05) is 10.3 Å². The molecule has 0 bridgehead atoms. The van der Waals surface area contributed by atoms with Crippen molar-refractivity contribution < 1.29 is 9.59 Å². The van der Waals surface area contributed by atoms with E-state index in [2.05, 4.69) is 9.88 Å². The predicted octanol–water partition coefficient (Wildman–Crippen LogP) is 1.76. The summed E-state index contributed by atoms with van der Waals surface area (Å²) in [6.07, 6.45) is 4.82. The number of amides is 2. The summed E-state index contributed by atoms with van der Waals surface area (Å²) in [7, 11) is 0. The fourth-order valence-corrected chi connectivity index (χ4v) is 4.31. The highest BCUT2D eigenvalue weighted by Gasteiger charge is 2.45. The second-order valence-electron chi connectivity index (χ2n) is 6.31. The van der Waals surface area contributed by atoms with Crippen molar-refractivity contribution >= 4 is 23.2 Å². The first-order chi connectivity index (χ1) is 10.2. The molecule has 1 aliphatic carbocycles. The number of carbonyl (C=O) groups is 2. The Morgan fingerprint density at radius 2 is 2.14 bits per heavy atom. The molecule has 2 unspecified atom stereocenters. The second kappa shape index (κ2) is 5.09. The van der Waals surface area contributed by atoms with Crippen LogP contribution in [-0.2, 0) is 4.79 Å². The smallest absolute Gasteiger partial charge is 0.273 e. The first kappa shape index (κ1) is 13.2. The van der Waals surface area contributed by atoms with Crippen LogP contribution >= 0.6 is 11.3 Å². The Kier molecular flexibility index (Phi) is 3.21. The van der Waals surface area contributed by atoms with Gasteiger partial charge in [0.05, 0.1) is 5.51 Å². The Morgan fingerprint density at radius 1 is 1.29 bits per heavy atom. The highest BCUT2D eigenvalue weighted by Crippen LogP contribution is 2.39.